The molecular weight excluding hydrogens is 414 g/mol. The van der Waals surface area contributed by atoms with Crippen molar-refractivity contribution in [2.24, 2.45) is 5.92 Å². The van der Waals surface area contributed by atoms with Gasteiger partial charge in [-0.15, -0.1) is 0 Å². The Balaban J connectivity index is 1.68. The van der Waals surface area contributed by atoms with Gasteiger partial charge in [-0.2, -0.15) is 0 Å². The van der Waals surface area contributed by atoms with E-state index in [2.05, 4.69) is 18.0 Å². The average Bonchev–Trinajstić information content (AvgIpc) is 3.27. The minimum absolute atomic E-state index is 0.0472. The maximum atomic E-state index is 14.2. The van der Waals surface area contributed by atoms with Crippen molar-refractivity contribution in [1.82, 2.24) is 14.8 Å². The van der Waals surface area contributed by atoms with Crippen LogP contribution >= 0.6 is 0 Å². The van der Waals surface area contributed by atoms with Crippen LogP contribution in [-0.4, -0.2) is 59.9 Å². The van der Waals surface area contributed by atoms with Crippen molar-refractivity contribution in [2.75, 3.05) is 33.4 Å². The van der Waals surface area contributed by atoms with Gasteiger partial charge in [0.05, 0.1) is 18.6 Å². The van der Waals surface area contributed by atoms with E-state index in [0.717, 1.165) is 48.0 Å². The van der Waals surface area contributed by atoms with Crippen LogP contribution in [-0.2, 0) is 9.53 Å². The van der Waals surface area contributed by atoms with Crippen molar-refractivity contribution in [3.05, 3.63) is 71.4 Å². The number of rotatable bonds is 5. The van der Waals surface area contributed by atoms with Gasteiger partial charge in [0, 0.05) is 55.0 Å². The molecule has 3 aromatic rings. The fourth-order valence-corrected chi connectivity index (χ4v) is 5.56. The number of fused-ring (bicyclic) bond motifs is 2. The van der Waals surface area contributed by atoms with Gasteiger partial charge in [-0.05, 0) is 36.5 Å². The standard InChI is InChI=1S/C27H31N3O3/c1-18-8-7-13-29(17-18)27(32)24-20-10-3-4-11-21(20)26(31)30(14-15-33-2)25(24)22-16-28-23-12-6-5-9-19(22)23/h3-6,9-12,16,18,24-25,28H,7-8,13-15,17H2,1-2H3/t18-,24+,25-/m1/s1. The molecule has 1 fully saturated rings. The third-order valence-electron chi connectivity index (χ3n) is 7.15. The first kappa shape index (κ1) is 21.7. The molecule has 2 aliphatic heterocycles. The molecule has 33 heavy (non-hydrogen) atoms. The Hall–Kier alpha value is -3.12. The van der Waals surface area contributed by atoms with E-state index >= 15 is 0 Å². The number of benzene rings is 2. The molecule has 2 aromatic carbocycles. The second kappa shape index (κ2) is 9.02. The highest BCUT2D eigenvalue weighted by Crippen LogP contribution is 2.45. The van der Waals surface area contributed by atoms with Crippen molar-refractivity contribution >= 4 is 22.7 Å². The van der Waals surface area contributed by atoms with Crippen LogP contribution in [0.3, 0.4) is 0 Å². The lowest BCUT2D eigenvalue weighted by Gasteiger charge is -2.44. The van der Waals surface area contributed by atoms with Crippen molar-refractivity contribution < 1.29 is 14.3 Å². The van der Waals surface area contributed by atoms with E-state index in [9.17, 15) is 9.59 Å². The number of amides is 2. The fourth-order valence-electron chi connectivity index (χ4n) is 5.56. The summed E-state index contributed by atoms with van der Waals surface area (Å²) in [7, 11) is 1.64. The molecular formula is C27H31N3O3. The Morgan fingerprint density at radius 1 is 1.12 bits per heavy atom. The number of carbonyl (C=O) groups excluding carboxylic acids is 2. The quantitative estimate of drug-likeness (QED) is 0.635. The highest BCUT2D eigenvalue weighted by Gasteiger charge is 2.46. The molecule has 6 nitrogen and oxygen atoms in total. The maximum Gasteiger partial charge on any atom is 0.254 e. The van der Waals surface area contributed by atoms with Gasteiger partial charge in [-0.1, -0.05) is 43.3 Å². The summed E-state index contributed by atoms with van der Waals surface area (Å²) < 4.78 is 5.36. The van der Waals surface area contributed by atoms with E-state index in [1.54, 1.807) is 7.11 Å². The number of aromatic amines is 1. The molecule has 1 saturated heterocycles. The number of piperidine rings is 1. The third-order valence-corrected chi connectivity index (χ3v) is 7.15. The second-order valence-electron chi connectivity index (χ2n) is 9.32. The Morgan fingerprint density at radius 2 is 1.91 bits per heavy atom. The number of H-pyrrole nitrogens is 1. The van der Waals surface area contributed by atoms with Gasteiger partial charge < -0.3 is 19.5 Å². The summed E-state index contributed by atoms with van der Waals surface area (Å²) in [5.41, 5.74) is 3.43. The van der Waals surface area contributed by atoms with Crippen LogP contribution in [0.25, 0.3) is 10.9 Å². The van der Waals surface area contributed by atoms with Crippen molar-refractivity contribution in [2.45, 2.75) is 31.7 Å². The van der Waals surface area contributed by atoms with Gasteiger partial charge in [-0.25, -0.2) is 0 Å². The number of aromatic nitrogens is 1. The van der Waals surface area contributed by atoms with Gasteiger partial charge >= 0.3 is 0 Å². The van der Waals surface area contributed by atoms with Gasteiger partial charge in [0.25, 0.3) is 5.91 Å². The first-order valence-electron chi connectivity index (χ1n) is 11.8. The van der Waals surface area contributed by atoms with Crippen LogP contribution in [0.4, 0.5) is 0 Å². The first-order chi connectivity index (χ1) is 16.1. The molecule has 0 aliphatic carbocycles. The van der Waals surface area contributed by atoms with Crippen molar-refractivity contribution in [3.63, 3.8) is 0 Å². The minimum atomic E-state index is -0.458. The number of likely N-dealkylation sites (tertiary alicyclic amines) is 1. The predicted octanol–water partition coefficient (Wildman–Crippen LogP) is 4.35. The minimum Gasteiger partial charge on any atom is -0.383 e. The molecule has 3 atom stereocenters. The van der Waals surface area contributed by atoms with Gasteiger partial charge in [0.2, 0.25) is 5.91 Å². The normalized spacial score (nSPS) is 23.1. The number of hydrogen-bond donors (Lipinski definition) is 1. The maximum absolute atomic E-state index is 14.2. The highest BCUT2D eigenvalue weighted by molar-refractivity contribution is 6.02. The number of nitrogens with zero attached hydrogens (tertiary/aromatic N) is 2. The molecule has 0 saturated carbocycles. The molecule has 2 aliphatic rings. The van der Waals surface area contributed by atoms with Crippen molar-refractivity contribution in [1.29, 1.82) is 0 Å². The summed E-state index contributed by atoms with van der Waals surface area (Å²) in [6, 6.07) is 15.3. The Labute approximate surface area is 194 Å². The summed E-state index contributed by atoms with van der Waals surface area (Å²) in [5, 5.41) is 1.04. The van der Waals surface area contributed by atoms with Crippen molar-refractivity contribution in [3.8, 4) is 0 Å². The Morgan fingerprint density at radius 3 is 2.73 bits per heavy atom. The van der Waals surface area contributed by atoms with E-state index in [-0.39, 0.29) is 11.8 Å². The third kappa shape index (κ3) is 3.82. The molecule has 6 heteroatoms. The summed E-state index contributed by atoms with van der Waals surface area (Å²) in [6.45, 7) is 4.58. The largest absolute Gasteiger partial charge is 0.383 e. The van der Waals surface area contributed by atoms with Crippen LogP contribution in [0.15, 0.2) is 54.7 Å². The number of ether oxygens (including phenoxy) is 1. The monoisotopic (exact) mass is 445 g/mol. The predicted molar refractivity (Wildman–Crippen MR) is 128 cm³/mol. The first-order valence-corrected chi connectivity index (χ1v) is 11.8. The zero-order valence-electron chi connectivity index (χ0n) is 19.3. The lowest BCUT2D eigenvalue weighted by Crippen LogP contribution is -2.50. The number of nitrogens with one attached hydrogen (secondary N) is 1. The Bertz CT molecular complexity index is 1170. The molecule has 0 radical (unpaired) electrons. The molecule has 5 rings (SSSR count). The number of para-hydroxylation sites is 1. The molecule has 0 bridgehead atoms. The lowest BCUT2D eigenvalue weighted by molar-refractivity contribution is -0.136. The van der Waals surface area contributed by atoms with Crippen LogP contribution in [0.5, 0.6) is 0 Å². The van der Waals surface area contributed by atoms with Crippen LogP contribution < -0.4 is 0 Å². The topological polar surface area (TPSA) is 65.6 Å². The second-order valence-corrected chi connectivity index (χ2v) is 9.32. The summed E-state index contributed by atoms with van der Waals surface area (Å²) in [6.07, 6.45) is 4.14. The van der Waals surface area contributed by atoms with E-state index < -0.39 is 12.0 Å². The molecule has 2 amide bonds. The van der Waals surface area contributed by atoms with Gasteiger partial charge in [0.15, 0.2) is 0 Å². The number of carbonyl (C=O) groups is 2. The zero-order valence-corrected chi connectivity index (χ0v) is 19.3. The molecule has 1 N–H and O–H groups in total. The van der Waals surface area contributed by atoms with Gasteiger partial charge in [-0.3, -0.25) is 9.59 Å². The molecule has 0 spiro atoms. The van der Waals surface area contributed by atoms with E-state index in [4.69, 9.17) is 4.74 Å². The fraction of sp³-hybridized carbons (Fsp3) is 0.407. The van der Waals surface area contributed by atoms with Crippen LogP contribution in [0.2, 0.25) is 0 Å². The number of hydrogen-bond acceptors (Lipinski definition) is 3. The smallest absolute Gasteiger partial charge is 0.254 e. The van der Waals surface area contributed by atoms with Gasteiger partial charge in [0.1, 0.15) is 0 Å². The molecule has 0 unspecified atom stereocenters. The molecule has 3 heterocycles. The molecule has 1 aromatic heterocycles. The zero-order chi connectivity index (χ0) is 22.9. The van der Waals surface area contributed by atoms with Crippen LogP contribution in [0.1, 0.15) is 53.2 Å². The summed E-state index contributed by atoms with van der Waals surface area (Å²) in [5.74, 6) is 0.0905. The summed E-state index contributed by atoms with van der Waals surface area (Å²) >= 11 is 0. The Kier molecular flexibility index (Phi) is 5.94. The average molecular weight is 446 g/mol. The number of methoxy groups -OCH3 is 1. The van der Waals surface area contributed by atoms with E-state index in [1.165, 1.54) is 0 Å². The molecule has 172 valence electrons. The lowest BCUT2D eigenvalue weighted by atomic mass is 9.78. The van der Waals surface area contributed by atoms with E-state index in [1.807, 2.05) is 58.5 Å². The SMILES string of the molecule is COCCN1C(=O)c2ccccc2[C@H](C(=O)N2CCC[C@@H](C)C2)[C@H]1c1c[nH]c2ccccc12. The summed E-state index contributed by atoms with van der Waals surface area (Å²) in [4.78, 5) is 35.1. The highest BCUT2D eigenvalue weighted by atomic mass is 16.5. The van der Waals surface area contributed by atoms with E-state index in [0.29, 0.717) is 24.6 Å². The van der Waals surface area contributed by atoms with Crippen LogP contribution in [0, 0.1) is 5.92 Å².